The van der Waals surface area contributed by atoms with Gasteiger partial charge in [-0.1, -0.05) is 23.7 Å². The van der Waals surface area contributed by atoms with Gasteiger partial charge in [0.25, 0.3) is 5.91 Å². The van der Waals surface area contributed by atoms with Gasteiger partial charge < -0.3 is 5.11 Å². The van der Waals surface area contributed by atoms with Gasteiger partial charge in [-0.3, -0.25) is 15.0 Å². The molecule has 0 radical (unpaired) electrons. The number of hydrogen-bond acceptors (Lipinski definition) is 3. The van der Waals surface area contributed by atoms with Crippen molar-refractivity contribution in [2.45, 2.75) is 12.8 Å². The number of halogens is 1. The monoisotopic (exact) mass is 240 g/mol. The number of nitrogens with zero attached hydrogens (tertiary/aromatic N) is 1. The van der Waals surface area contributed by atoms with Gasteiger partial charge in [-0.05, 0) is 17.7 Å². The molecule has 0 saturated carbocycles. The first-order valence-corrected chi connectivity index (χ1v) is 5.00. The van der Waals surface area contributed by atoms with E-state index in [0.29, 0.717) is 5.02 Å². The summed E-state index contributed by atoms with van der Waals surface area (Å²) in [4.78, 5) is 23.3. The van der Waals surface area contributed by atoms with Crippen molar-refractivity contribution in [1.29, 1.82) is 0 Å². The zero-order valence-electron chi connectivity index (χ0n) is 8.18. The molecule has 1 atom stereocenters. The van der Waals surface area contributed by atoms with E-state index in [0.717, 1.165) is 10.5 Å². The highest BCUT2D eigenvalue weighted by molar-refractivity contribution is 6.30. The topological polar surface area (TPSA) is 69.6 Å². The van der Waals surface area contributed by atoms with Gasteiger partial charge in [0.15, 0.2) is 0 Å². The molecule has 16 heavy (non-hydrogen) atoms. The molecule has 2 N–H and O–H groups in total. The van der Waals surface area contributed by atoms with Gasteiger partial charge >= 0.3 is 6.03 Å². The van der Waals surface area contributed by atoms with Crippen LogP contribution in [0.25, 0.3) is 0 Å². The molecule has 6 heteroatoms. The second-order valence-corrected chi connectivity index (χ2v) is 3.86. The maximum absolute atomic E-state index is 11.3. The quantitative estimate of drug-likeness (QED) is 0.748. The molecule has 1 aliphatic heterocycles. The van der Waals surface area contributed by atoms with Crippen molar-refractivity contribution in [3.63, 3.8) is 0 Å². The van der Waals surface area contributed by atoms with Gasteiger partial charge in [-0.25, -0.2) is 4.79 Å². The minimum absolute atomic E-state index is 0.163. The molecule has 0 aliphatic carbocycles. The second-order valence-electron chi connectivity index (χ2n) is 3.42. The predicted molar refractivity (Wildman–Crippen MR) is 56.5 cm³/mol. The third-order valence-electron chi connectivity index (χ3n) is 2.29. The van der Waals surface area contributed by atoms with Crippen LogP contribution in [0.15, 0.2) is 24.3 Å². The van der Waals surface area contributed by atoms with E-state index < -0.39 is 18.2 Å². The minimum Gasteiger partial charge on any atom is -0.365 e. The highest BCUT2D eigenvalue weighted by Gasteiger charge is 2.36. The first kappa shape index (κ1) is 10.9. The normalized spacial score (nSPS) is 20.1. The molecular weight excluding hydrogens is 232 g/mol. The predicted octanol–water partition coefficient (Wildman–Crippen LogP) is 0.710. The van der Waals surface area contributed by atoms with E-state index in [1.165, 1.54) is 0 Å². The van der Waals surface area contributed by atoms with Crippen molar-refractivity contribution in [2.75, 3.05) is 0 Å². The zero-order valence-corrected chi connectivity index (χ0v) is 8.94. The van der Waals surface area contributed by atoms with Crippen molar-refractivity contribution in [3.05, 3.63) is 34.9 Å². The fourth-order valence-electron chi connectivity index (χ4n) is 1.44. The molecular formula is C10H9ClN2O3. The van der Waals surface area contributed by atoms with Gasteiger partial charge in [0.2, 0.25) is 6.23 Å². The van der Waals surface area contributed by atoms with E-state index in [4.69, 9.17) is 11.6 Å². The molecule has 3 amide bonds. The summed E-state index contributed by atoms with van der Waals surface area (Å²) >= 11 is 5.71. The Bertz CT molecular complexity index is 432. The first-order valence-electron chi connectivity index (χ1n) is 4.62. The van der Waals surface area contributed by atoms with E-state index in [1.54, 1.807) is 24.3 Å². The van der Waals surface area contributed by atoms with Crippen LogP contribution in [-0.2, 0) is 11.3 Å². The number of aliphatic hydroxyl groups excluding tert-OH is 1. The zero-order chi connectivity index (χ0) is 11.7. The van der Waals surface area contributed by atoms with Crippen LogP contribution in [0, 0.1) is 0 Å². The third kappa shape index (κ3) is 2.00. The molecule has 84 valence electrons. The van der Waals surface area contributed by atoms with Crippen molar-refractivity contribution >= 4 is 23.5 Å². The number of urea groups is 1. The molecule has 2 rings (SSSR count). The van der Waals surface area contributed by atoms with Crippen molar-refractivity contribution < 1.29 is 14.7 Å². The standard InChI is InChI=1S/C10H9ClN2O3/c11-7-3-1-6(2-4-7)5-13-9(15)8(14)12-10(13)16/h1-4,9,15H,5H2,(H,12,14,16). The molecule has 0 bridgehead atoms. The lowest BCUT2D eigenvalue weighted by molar-refractivity contribution is -0.130. The molecule has 0 spiro atoms. The number of benzene rings is 1. The molecule has 1 aliphatic rings. The van der Waals surface area contributed by atoms with E-state index in [2.05, 4.69) is 0 Å². The van der Waals surface area contributed by atoms with Crippen LogP contribution in [0.2, 0.25) is 5.02 Å². The number of rotatable bonds is 2. The highest BCUT2D eigenvalue weighted by atomic mass is 35.5. The molecule has 1 heterocycles. The fraction of sp³-hybridized carbons (Fsp3) is 0.200. The molecule has 1 unspecified atom stereocenters. The lowest BCUT2D eigenvalue weighted by Gasteiger charge is -2.17. The summed E-state index contributed by atoms with van der Waals surface area (Å²) in [6, 6.07) is 6.22. The summed E-state index contributed by atoms with van der Waals surface area (Å²) in [6.45, 7) is 0.163. The molecule has 1 fully saturated rings. The highest BCUT2D eigenvalue weighted by Crippen LogP contribution is 2.14. The average molecular weight is 241 g/mol. The summed E-state index contributed by atoms with van der Waals surface area (Å²) in [5.74, 6) is -0.695. The van der Waals surface area contributed by atoms with Crippen LogP contribution < -0.4 is 5.32 Å². The van der Waals surface area contributed by atoms with Crippen LogP contribution in [0.1, 0.15) is 5.56 Å². The Morgan fingerprint density at radius 2 is 1.94 bits per heavy atom. The first-order chi connectivity index (χ1) is 7.58. The maximum Gasteiger partial charge on any atom is 0.326 e. The lowest BCUT2D eigenvalue weighted by atomic mass is 10.2. The number of amides is 3. The number of nitrogens with one attached hydrogen (secondary N) is 1. The van der Waals surface area contributed by atoms with Crippen LogP contribution >= 0.6 is 11.6 Å². The summed E-state index contributed by atoms with van der Waals surface area (Å²) in [5.41, 5.74) is 0.785. The van der Waals surface area contributed by atoms with Crippen molar-refractivity contribution in [1.82, 2.24) is 10.2 Å². The number of aliphatic hydroxyl groups is 1. The molecule has 1 aromatic rings. The Balaban J connectivity index is 2.13. The van der Waals surface area contributed by atoms with Crippen LogP contribution in [0.5, 0.6) is 0 Å². The lowest BCUT2D eigenvalue weighted by Crippen LogP contribution is -2.34. The number of imide groups is 1. The van der Waals surface area contributed by atoms with Gasteiger partial charge in [-0.15, -0.1) is 0 Å². The smallest absolute Gasteiger partial charge is 0.326 e. The Morgan fingerprint density at radius 3 is 2.44 bits per heavy atom. The SMILES string of the molecule is O=C1NC(=O)N(Cc2ccc(Cl)cc2)C1O. The summed E-state index contributed by atoms with van der Waals surface area (Å²) in [7, 11) is 0. The Morgan fingerprint density at radius 1 is 1.31 bits per heavy atom. The van der Waals surface area contributed by atoms with E-state index >= 15 is 0 Å². The van der Waals surface area contributed by atoms with Crippen LogP contribution in [0.3, 0.4) is 0 Å². The van der Waals surface area contributed by atoms with Crippen LogP contribution in [-0.4, -0.2) is 28.2 Å². The van der Waals surface area contributed by atoms with Crippen LogP contribution in [0.4, 0.5) is 4.79 Å². The number of carbonyl (C=O) groups excluding carboxylic acids is 2. The molecule has 1 saturated heterocycles. The van der Waals surface area contributed by atoms with Gasteiger partial charge in [-0.2, -0.15) is 0 Å². The number of carbonyl (C=O) groups is 2. The van der Waals surface area contributed by atoms with E-state index in [1.807, 2.05) is 5.32 Å². The fourth-order valence-corrected chi connectivity index (χ4v) is 1.57. The van der Waals surface area contributed by atoms with Crippen molar-refractivity contribution in [2.24, 2.45) is 0 Å². The third-order valence-corrected chi connectivity index (χ3v) is 2.54. The van der Waals surface area contributed by atoms with Gasteiger partial charge in [0, 0.05) is 5.02 Å². The van der Waals surface area contributed by atoms with Crippen molar-refractivity contribution in [3.8, 4) is 0 Å². The average Bonchev–Trinajstić information content (AvgIpc) is 2.48. The van der Waals surface area contributed by atoms with E-state index in [-0.39, 0.29) is 6.54 Å². The molecule has 1 aromatic carbocycles. The molecule has 5 nitrogen and oxygen atoms in total. The Hall–Kier alpha value is -1.59. The minimum atomic E-state index is -1.41. The Kier molecular flexibility index (Phi) is 2.80. The second kappa shape index (κ2) is 4.11. The summed E-state index contributed by atoms with van der Waals surface area (Å²) < 4.78 is 0. The Labute approximate surface area is 96.6 Å². The molecule has 0 aromatic heterocycles. The van der Waals surface area contributed by atoms with Gasteiger partial charge in [0.1, 0.15) is 0 Å². The summed E-state index contributed by atoms with van der Waals surface area (Å²) in [5, 5.41) is 12.0. The maximum atomic E-state index is 11.3. The largest absolute Gasteiger partial charge is 0.365 e. The van der Waals surface area contributed by atoms with E-state index in [9.17, 15) is 14.7 Å². The van der Waals surface area contributed by atoms with Gasteiger partial charge in [0.05, 0.1) is 6.54 Å². The number of hydrogen-bond donors (Lipinski definition) is 2. The summed E-state index contributed by atoms with van der Waals surface area (Å²) in [6.07, 6.45) is -1.41.